The molecule has 30 heavy (non-hydrogen) atoms. The average Bonchev–Trinajstić information content (AvgIpc) is 3.16. The van der Waals surface area contributed by atoms with Gasteiger partial charge in [-0.2, -0.15) is 5.26 Å². The van der Waals surface area contributed by atoms with Gasteiger partial charge in [0, 0.05) is 23.9 Å². The lowest BCUT2D eigenvalue weighted by Crippen LogP contribution is -2.48. The second-order valence-electron chi connectivity index (χ2n) is 7.78. The molecule has 0 bridgehead atoms. The predicted octanol–water partition coefficient (Wildman–Crippen LogP) is 3.93. The summed E-state index contributed by atoms with van der Waals surface area (Å²) in [5, 5.41) is 14.8. The van der Waals surface area contributed by atoms with E-state index in [2.05, 4.69) is 40.2 Å². The van der Waals surface area contributed by atoms with Crippen molar-refractivity contribution in [3.63, 3.8) is 0 Å². The van der Waals surface area contributed by atoms with Crippen molar-refractivity contribution in [2.75, 3.05) is 13.6 Å². The van der Waals surface area contributed by atoms with Gasteiger partial charge in [-0.05, 0) is 63.6 Å². The van der Waals surface area contributed by atoms with Crippen molar-refractivity contribution in [2.24, 2.45) is 0 Å². The second kappa shape index (κ2) is 9.42. The molecule has 0 radical (unpaired) electrons. The topological polar surface area (TPSA) is 96.8 Å². The highest BCUT2D eigenvalue weighted by atomic mass is 16.2. The number of likely N-dealkylation sites (tertiary alicyclic amines) is 1. The van der Waals surface area contributed by atoms with Gasteiger partial charge >= 0.3 is 6.03 Å². The Morgan fingerprint density at radius 2 is 2.13 bits per heavy atom. The van der Waals surface area contributed by atoms with E-state index in [1.807, 2.05) is 31.2 Å². The van der Waals surface area contributed by atoms with E-state index in [-0.39, 0.29) is 18.1 Å². The highest BCUT2D eigenvalue weighted by Gasteiger charge is 2.30. The van der Waals surface area contributed by atoms with E-state index in [1.54, 1.807) is 19.1 Å². The van der Waals surface area contributed by atoms with E-state index < -0.39 is 0 Å². The quantitative estimate of drug-likeness (QED) is 0.520. The van der Waals surface area contributed by atoms with Gasteiger partial charge in [0.2, 0.25) is 0 Å². The summed E-state index contributed by atoms with van der Waals surface area (Å²) in [5.41, 5.74) is 3.83. The molecule has 1 aromatic carbocycles. The minimum Gasteiger partial charge on any atom is -0.341 e. The van der Waals surface area contributed by atoms with Crippen LogP contribution in [0, 0.1) is 11.3 Å². The summed E-state index contributed by atoms with van der Waals surface area (Å²) in [4.78, 5) is 23.0. The van der Waals surface area contributed by atoms with Gasteiger partial charge in [-0.3, -0.25) is 4.90 Å². The first-order valence-electron chi connectivity index (χ1n) is 10.0. The third-order valence-electron chi connectivity index (χ3n) is 5.31. The van der Waals surface area contributed by atoms with Gasteiger partial charge in [-0.15, -0.1) is 0 Å². The average molecular weight is 405 g/mol. The third-order valence-corrected chi connectivity index (χ3v) is 5.31. The monoisotopic (exact) mass is 404 g/mol. The standard InChI is InChI=1S/C23H28N6O/c1-15(2)18(10-9-16(3)14-24)28-23(30)25-17-11-12-29(4)21(13-17)22-26-19-7-5-6-8-20(19)27-22/h5-10,17,21H,1,11-13H2,2-4H3,(H,26,27)(H2,25,28,30)/b16-9+,18-10+/t17-,21-/m1/s1. The van der Waals surface area contributed by atoms with E-state index in [4.69, 9.17) is 10.2 Å². The molecule has 2 amide bonds. The molecule has 3 rings (SSSR count). The molecule has 0 saturated carbocycles. The number of imidazole rings is 1. The Balaban J connectivity index is 1.67. The Kier molecular flexibility index (Phi) is 6.70. The van der Waals surface area contributed by atoms with E-state index >= 15 is 0 Å². The number of nitriles is 1. The number of nitrogens with one attached hydrogen (secondary N) is 3. The fraction of sp³-hybridized carbons (Fsp3) is 0.348. The van der Waals surface area contributed by atoms with Crippen molar-refractivity contribution < 1.29 is 4.79 Å². The molecule has 2 heterocycles. The zero-order valence-corrected chi connectivity index (χ0v) is 17.7. The molecule has 2 aromatic rings. The van der Waals surface area contributed by atoms with Crippen LogP contribution in [-0.4, -0.2) is 40.5 Å². The number of aromatic nitrogens is 2. The lowest BCUT2D eigenvalue weighted by molar-refractivity contribution is 0.152. The Hall–Kier alpha value is -3.37. The number of hydrogen-bond acceptors (Lipinski definition) is 4. The van der Waals surface area contributed by atoms with Gasteiger partial charge in [0.05, 0.1) is 23.1 Å². The number of hydrogen-bond donors (Lipinski definition) is 3. The van der Waals surface area contributed by atoms with Crippen LogP contribution in [0.15, 0.2) is 59.8 Å². The minimum atomic E-state index is -0.273. The van der Waals surface area contributed by atoms with E-state index in [0.717, 1.165) is 41.8 Å². The van der Waals surface area contributed by atoms with Crippen LogP contribution < -0.4 is 10.6 Å². The normalized spacial score (nSPS) is 20.6. The number of nitrogens with zero attached hydrogens (tertiary/aromatic N) is 3. The van der Waals surface area contributed by atoms with Crippen LogP contribution in [0.5, 0.6) is 0 Å². The Morgan fingerprint density at radius 1 is 1.37 bits per heavy atom. The number of rotatable bonds is 5. The number of H-pyrrole nitrogens is 1. The number of para-hydroxylation sites is 2. The van der Waals surface area contributed by atoms with Crippen LogP contribution >= 0.6 is 0 Å². The molecule has 0 aliphatic carbocycles. The summed E-state index contributed by atoms with van der Waals surface area (Å²) in [6, 6.07) is 9.90. The molecule has 1 saturated heterocycles. The largest absolute Gasteiger partial charge is 0.341 e. The summed E-state index contributed by atoms with van der Waals surface area (Å²) in [7, 11) is 2.08. The van der Waals surface area contributed by atoms with Gasteiger partial charge in [0.1, 0.15) is 5.82 Å². The Morgan fingerprint density at radius 3 is 2.83 bits per heavy atom. The number of allylic oxidation sites excluding steroid dienone is 4. The number of carbonyl (C=O) groups is 1. The Bertz CT molecular complexity index is 1010. The van der Waals surface area contributed by atoms with Crippen LogP contribution in [0.2, 0.25) is 0 Å². The molecule has 7 heteroatoms. The summed E-state index contributed by atoms with van der Waals surface area (Å²) < 4.78 is 0. The summed E-state index contributed by atoms with van der Waals surface area (Å²) in [6.45, 7) is 8.29. The minimum absolute atomic E-state index is 0.0298. The molecule has 1 aliphatic rings. The maximum atomic E-state index is 12.6. The maximum absolute atomic E-state index is 12.6. The lowest BCUT2D eigenvalue weighted by atomic mass is 9.97. The van der Waals surface area contributed by atoms with E-state index in [0.29, 0.717) is 11.3 Å². The van der Waals surface area contributed by atoms with Crippen LogP contribution in [-0.2, 0) is 0 Å². The molecule has 0 unspecified atom stereocenters. The number of piperidine rings is 1. The molecule has 0 spiro atoms. The molecule has 156 valence electrons. The molecule has 1 fully saturated rings. The molecule has 1 aliphatic heterocycles. The SMILES string of the molecule is C=C(C)/C(=C\C=C(/C)C#N)NC(=O)N[C@@H]1CCN(C)[C@@H](c2nc3ccccc3[nH]2)C1. The van der Waals surface area contributed by atoms with Gasteiger partial charge < -0.3 is 15.6 Å². The first-order chi connectivity index (χ1) is 14.4. The zero-order chi connectivity index (χ0) is 21.7. The molecule has 7 nitrogen and oxygen atoms in total. The molecular weight excluding hydrogens is 376 g/mol. The van der Waals surface area contributed by atoms with Crippen molar-refractivity contribution in [3.8, 4) is 6.07 Å². The summed E-state index contributed by atoms with van der Waals surface area (Å²) in [5.74, 6) is 0.922. The van der Waals surface area contributed by atoms with E-state index in [1.165, 1.54) is 0 Å². The lowest BCUT2D eigenvalue weighted by Gasteiger charge is -2.36. The number of aromatic amines is 1. The number of amides is 2. The number of carbonyl (C=O) groups excluding carboxylic acids is 1. The smallest absolute Gasteiger partial charge is 0.319 e. The molecule has 3 N–H and O–H groups in total. The van der Waals surface area contributed by atoms with Crippen LogP contribution in [0.4, 0.5) is 4.79 Å². The number of fused-ring (bicyclic) bond motifs is 1. The van der Waals surface area contributed by atoms with E-state index in [9.17, 15) is 4.79 Å². The third kappa shape index (κ3) is 5.16. The maximum Gasteiger partial charge on any atom is 0.319 e. The first kappa shape index (κ1) is 21.3. The van der Waals surface area contributed by atoms with Crippen LogP contribution in [0.3, 0.4) is 0 Å². The van der Waals surface area contributed by atoms with Gasteiger partial charge in [0.15, 0.2) is 0 Å². The van der Waals surface area contributed by atoms with Crippen molar-refractivity contribution in [3.05, 3.63) is 65.7 Å². The highest BCUT2D eigenvalue weighted by molar-refractivity contribution is 5.77. The van der Waals surface area contributed by atoms with Gasteiger partial charge in [-0.25, -0.2) is 9.78 Å². The van der Waals surface area contributed by atoms with Crippen molar-refractivity contribution in [2.45, 2.75) is 38.8 Å². The second-order valence-corrected chi connectivity index (χ2v) is 7.78. The van der Waals surface area contributed by atoms with Gasteiger partial charge in [-0.1, -0.05) is 18.7 Å². The highest BCUT2D eigenvalue weighted by Crippen LogP contribution is 2.29. The number of benzene rings is 1. The van der Waals surface area contributed by atoms with Crippen LogP contribution in [0.1, 0.15) is 38.6 Å². The molecule has 2 atom stereocenters. The summed E-state index contributed by atoms with van der Waals surface area (Å²) >= 11 is 0. The molecular formula is C23H28N6O. The van der Waals surface area contributed by atoms with Crippen molar-refractivity contribution >= 4 is 17.1 Å². The van der Waals surface area contributed by atoms with Crippen molar-refractivity contribution in [1.82, 2.24) is 25.5 Å². The number of urea groups is 1. The van der Waals surface area contributed by atoms with Crippen LogP contribution in [0.25, 0.3) is 11.0 Å². The van der Waals surface area contributed by atoms with Gasteiger partial charge in [0.25, 0.3) is 0 Å². The Labute approximate surface area is 177 Å². The zero-order valence-electron chi connectivity index (χ0n) is 17.7. The first-order valence-corrected chi connectivity index (χ1v) is 10.0. The fourth-order valence-electron chi connectivity index (χ4n) is 3.54. The van der Waals surface area contributed by atoms with Crippen molar-refractivity contribution in [1.29, 1.82) is 5.26 Å². The predicted molar refractivity (Wildman–Crippen MR) is 118 cm³/mol. The fourth-order valence-corrected chi connectivity index (χ4v) is 3.54. The molecule has 1 aromatic heterocycles. The summed E-state index contributed by atoms with van der Waals surface area (Å²) in [6.07, 6.45) is 4.99.